The fraction of sp³-hybridized carbons (Fsp3) is 0.154. The number of nitrogens with zero attached hydrogens (tertiary/aromatic N) is 2. The molecular weight excluding hydrogens is 252 g/mol. The van der Waals surface area contributed by atoms with Crippen molar-refractivity contribution in [3.63, 3.8) is 0 Å². The van der Waals surface area contributed by atoms with Crippen LogP contribution in [0, 0.1) is 6.92 Å². The summed E-state index contributed by atoms with van der Waals surface area (Å²) in [5.41, 5.74) is 0.863. The Hall–Kier alpha value is -1.94. The van der Waals surface area contributed by atoms with E-state index in [2.05, 4.69) is 5.10 Å². The smallest absolute Gasteiger partial charge is 0.267 e. The molecule has 2 aromatic rings. The lowest BCUT2D eigenvalue weighted by Crippen LogP contribution is -2.26. The van der Waals surface area contributed by atoms with E-state index in [1.54, 1.807) is 37.3 Å². The zero-order valence-corrected chi connectivity index (χ0v) is 10.5. The molecule has 0 N–H and O–H groups in total. The van der Waals surface area contributed by atoms with E-state index in [9.17, 15) is 9.59 Å². The van der Waals surface area contributed by atoms with Crippen LogP contribution < -0.4 is 5.56 Å². The maximum absolute atomic E-state index is 12.0. The molecule has 0 amide bonds. The summed E-state index contributed by atoms with van der Waals surface area (Å²) in [7, 11) is 0. The topological polar surface area (TPSA) is 52.0 Å². The van der Waals surface area contributed by atoms with Gasteiger partial charge in [0.1, 0.15) is 6.54 Å². The molecule has 1 aromatic heterocycles. The Morgan fingerprint density at radius 3 is 2.83 bits per heavy atom. The summed E-state index contributed by atoms with van der Waals surface area (Å²) in [6.45, 7) is 1.68. The van der Waals surface area contributed by atoms with Crippen LogP contribution in [0.15, 0.2) is 41.2 Å². The van der Waals surface area contributed by atoms with E-state index in [0.29, 0.717) is 16.3 Å². The molecule has 0 atom stereocenters. The highest BCUT2D eigenvalue weighted by Gasteiger charge is 2.09. The Labute approximate surface area is 109 Å². The van der Waals surface area contributed by atoms with Crippen molar-refractivity contribution in [2.24, 2.45) is 0 Å². The predicted octanol–water partition coefficient (Wildman–Crippen LogP) is 2.09. The number of aromatic nitrogens is 2. The van der Waals surface area contributed by atoms with Crippen LogP contribution in [0.5, 0.6) is 0 Å². The number of rotatable bonds is 3. The number of halogens is 1. The van der Waals surface area contributed by atoms with Gasteiger partial charge >= 0.3 is 0 Å². The Morgan fingerprint density at radius 2 is 2.11 bits per heavy atom. The summed E-state index contributed by atoms with van der Waals surface area (Å²) in [6.07, 6.45) is 0. The number of aryl methyl sites for hydroxylation is 1. The van der Waals surface area contributed by atoms with E-state index in [1.165, 1.54) is 6.07 Å². The highest BCUT2D eigenvalue weighted by molar-refractivity contribution is 6.31. The molecular formula is C13H11ClN2O2. The van der Waals surface area contributed by atoms with Gasteiger partial charge in [0.2, 0.25) is 0 Å². The van der Waals surface area contributed by atoms with Crippen LogP contribution in [0.3, 0.4) is 0 Å². The average Bonchev–Trinajstić information content (AvgIpc) is 2.34. The number of hydrogen-bond donors (Lipinski definition) is 0. The number of benzene rings is 1. The van der Waals surface area contributed by atoms with E-state index >= 15 is 0 Å². The molecule has 1 heterocycles. The molecule has 1 aromatic carbocycles. The van der Waals surface area contributed by atoms with Gasteiger partial charge in [-0.15, -0.1) is 0 Å². The van der Waals surface area contributed by atoms with E-state index in [0.717, 1.165) is 4.68 Å². The molecule has 5 heteroatoms. The lowest BCUT2D eigenvalue weighted by atomic mass is 10.1. The Bertz CT molecular complexity index is 649. The number of carbonyl (C=O) groups excluding carboxylic acids is 1. The highest BCUT2D eigenvalue weighted by Crippen LogP contribution is 2.11. The van der Waals surface area contributed by atoms with Crippen molar-refractivity contribution in [2.75, 3.05) is 0 Å². The number of carbonyl (C=O) groups is 1. The molecule has 0 aliphatic carbocycles. The van der Waals surface area contributed by atoms with Crippen LogP contribution in [0.4, 0.5) is 0 Å². The van der Waals surface area contributed by atoms with Crippen LogP contribution in [0.1, 0.15) is 16.1 Å². The molecule has 0 saturated heterocycles. The predicted molar refractivity (Wildman–Crippen MR) is 69.0 cm³/mol. The monoisotopic (exact) mass is 262 g/mol. The number of ketones is 1. The third kappa shape index (κ3) is 2.84. The van der Waals surface area contributed by atoms with E-state index in [1.807, 2.05) is 0 Å². The lowest BCUT2D eigenvalue weighted by Gasteiger charge is -2.04. The van der Waals surface area contributed by atoms with E-state index < -0.39 is 0 Å². The maximum Gasteiger partial charge on any atom is 0.267 e. The second-order valence-corrected chi connectivity index (χ2v) is 4.34. The molecule has 0 spiro atoms. The van der Waals surface area contributed by atoms with Crippen molar-refractivity contribution in [1.82, 2.24) is 9.78 Å². The lowest BCUT2D eigenvalue weighted by molar-refractivity contribution is 0.0965. The Morgan fingerprint density at radius 1 is 1.33 bits per heavy atom. The molecule has 4 nitrogen and oxygen atoms in total. The third-order valence-electron chi connectivity index (χ3n) is 2.44. The van der Waals surface area contributed by atoms with Crippen LogP contribution in [-0.2, 0) is 6.54 Å². The first kappa shape index (κ1) is 12.5. The maximum atomic E-state index is 12.0. The van der Waals surface area contributed by atoms with Crippen LogP contribution >= 0.6 is 11.6 Å². The second-order valence-electron chi connectivity index (χ2n) is 3.90. The summed E-state index contributed by atoms with van der Waals surface area (Å²) < 4.78 is 1.15. The Kier molecular flexibility index (Phi) is 3.58. The summed E-state index contributed by atoms with van der Waals surface area (Å²) in [5.74, 6) is -0.197. The van der Waals surface area contributed by atoms with Crippen LogP contribution in [0.2, 0.25) is 5.02 Å². The van der Waals surface area contributed by atoms with Gasteiger partial charge in [-0.05, 0) is 25.1 Å². The first-order chi connectivity index (χ1) is 8.56. The standard InChI is InChI=1S/C13H11ClN2O2/c1-9-5-6-13(18)16(15-9)8-12(17)10-3-2-4-11(14)7-10/h2-7H,8H2,1H3. The number of hydrogen-bond acceptors (Lipinski definition) is 3. The first-order valence-electron chi connectivity index (χ1n) is 5.40. The van der Waals surface area contributed by atoms with E-state index in [4.69, 9.17) is 11.6 Å². The van der Waals surface area contributed by atoms with Gasteiger partial charge in [0.05, 0.1) is 5.69 Å². The zero-order valence-electron chi connectivity index (χ0n) is 9.76. The van der Waals surface area contributed by atoms with Crippen LogP contribution in [-0.4, -0.2) is 15.6 Å². The summed E-state index contributed by atoms with van der Waals surface area (Å²) in [5, 5.41) is 4.50. The minimum Gasteiger partial charge on any atom is -0.292 e. The molecule has 0 fully saturated rings. The fourth-order valence-corrected chi connectivity index (χ4v) is 1.74. The first-order valence-corrected chi connectivity index (χ1v) is 5.77. The van der Waals surface area contributed by atoms with Gasteiger partial charge in [-0.3, -0.25) is 9.59 Å². The SMILES string of the molecule is Cc1ccc(=O)n(CC(=O)c2cccc(Cl)c2)n1. The molecule has 0 aliphatic rings. The van der Waals surface area contributed by atoms with Crippen molar-refractivity contribution >= 4 is 17.4 Å². The number of Topliss-reactive ketones (excluding diaryl/α,β-unsaturated/α-hetero) is 1. The quantitative estimate of drug-likeness (QED) is 0.796. The van der Waals surface area contributed by atoms with Crippen molar-refractivity contribution in [1.29, 1.82) is 0 Å². The second kappa shape index (κ2) is 5.14. The van der Waals surface area contributed by atoms with Gasteiger partial charge in [-0.2, -0.15) is 5.10 Å². The molecule has 92 valence electrons. The van der Waals surface area contributed by atoms with Gasteiger partial charge in [-0.25, -0.2) is 4.68 Å². The fourth-order valence-electron chi connectivity index (χ4n) is 1.55. The molecule has 0 saturated carbocycles. The molecule has 0 aliphatic heterocycles. The minimum absolute atomic E-state index is 0.0825. The largest absolute Gasteiger partial charge is 0.292 e. The highest BCUT2D eigenvalue weighted by atomic mass is 35.5. The average molecular weight is 263 g/mol. The van der Waals surface area contributed by atoms with Crippen molar-refractivity contribution in [3.8, 4) is 0 Å². The van der Waals surface area contributed by atoms with Crippen molar-refractivity contribution in [3.05, 3.63) is 63.0 Å². The van der Waals surface area contributed by atoms with Crippen LogP contribution in [0.25, 0.3) is 0 Å². The van der Waals surface area contributed by atoms with Gasteiger partial charge in [0.25, 0.3) is 5.56 Å². The van der Waals surface area contributed by atoms with Gasteiger partial charge in [0.15, 0.2) is 5.78 Å². The van der Waals surface area contributed by atoms with Crippen molar-refractivity contribution in [2.45, 2.75) is 13.5 Å². The van der Waals surface area contributed by atoms with E-state index in [-0.39, 0.29) is 17.9 Å². The molecule has 18 heavy (non-hydrogen) atoms. The zero-order chi connectivity index (χ0) is 13.1. The minimum atomic E-state index is -0.295. The normalized spacial score (nSPS) is 10.3. The molecule has 0 unspecified atom stereocenters. The third-order valence-corrected chi connectivity index (χ3v) is 2.68. The Balaban J connectivity index is 2.27. The van der Waals surface area contributed by atoms with Gasteiger partial charge < -0.3 is 0 Å². The van der Waals surface area contributed by atoms with Crippen molar-refractivity contribution < 1.29 is 4.79 Å². The summed E-state index contributed by atoms with van der Waals surface area (Å²) in [4.78, 5) is 23.5. The summed E-state index contributed by atoms with van der Waals surface area (Å²) >= 11 is 5.81. The molecule has 2 rings (SSSR count). The molecule has 0 bridgehead atoms. The summed E-state index contributed by atoms with van der Waals surface area (Å²) in [6, 6.07) is 9.63. The molecule has 0 radical (unpaired) electrons. The van der Waals surface area contributed by atoms with Gasteiger partial charge in [-0.1, -0.05) is 23.7 Å². The van der Waals surface area contributed by atoms with Gasteiger partial charge in [0, 0.05) is 16.7 Å².